The lowest BCUT2D eigenvalue weighted by molar-refractivity contribution is 0.0901. The number of nitrogens with zero attached hydrogens (tertiary/aromatic N) is 3. The summed E-state index contributed by atoms with van der Waals surface area (Å²) >= 11 is 6.00. The van der Waals surface area contributed by atoms with E-state index in [1.807, 2.05) is 20.8 Å². The summed E-state index contributed by atoms with van der Waals surface area (Å²) in [6, 6.07) is 5.14. The third-order valence-electron chi connectivity index (χ3n) is 4.04. The smallest absolute Gasteiger partial charge is 0.287 e. The number of hydrogen-bond acceptors (Lipinski definition) is 4. The van der Waals surface area contributed by atoms with Gasteiger partial charge >= 0.3 is 0 Å². The number of aromatic nitrogens is 3. The van der Waals surface area contributed by atoms with Gasteiger partial charge in [0.2, 0.25) is 0 Å². The highest BCUT2D eigenvalue weighted by molar-refractivity contribution is 6.31. The maximum absolute atomic E-state index is 12.5. The molecule has 0 bridgehead atoms. The number of furan rings is 1. The molecule has 2 atom stereocenters. The zero-order valence-electron chi connectivity index (χ0n) is 13.1. The van der Waals surface area contributed by atoms with Gasteiger partial charge in [0, 0.05) is 22.0 Å². The first kappa shape index (κ1) is 15.6. The number of halogens is 1. The van der Waals surface area contributed by atoms with E-state index in [9.17, 15) is 4.79 Å². The third kappa shape index (κ3) is 2.94. The minimum Gasteiger partial charge on any atom is -0.451 e. The number of rotatable bonds is 4. The summed E-state index contributed by atoms with van der Waals surface area (Å²) in [6.07, 6.45) is 3.10. The standard InChI is InChI=1S/C16H17ClN4O2/c1-9-13-6-12(17)4-5-14(13)23-15(9)16(22)20-10(2)11(3)21-8-18-7-19-21/h4-8,10-11H,1-3H3,(H,20,22). The van der Waals surface area contributed by atoms with Crippen molar-refractivity contribution in [3.63, 3.8) is 0 Å². The summed E-state index contributed by atoms with van der Waals surface area (Å²) in [7, 11) is 0. The lowest BCUT2D eigenvalue weighted by atomic mass is 10.1. The first-order valence-corrected chi connectivity index (χ1v) is 7.69. The molecule has 0 aliphatic heterocycles. The monoisotopic (exact) mass is 332 g/mol. The minimum atomic E-state index is -0.255. The summed E-state index contributed by atoms with van der Waals surface area (Å²) in [6.45, 7) is 5.73. The highest BCUT2D eigenvalue weighted by Gasteiger charge is 2.22. The van der Waals surface area contributed by atoms with E-state index in [0.717, 1.165) is 10.9 Å². The number of carbonyl (C=O) groups is 1. The van der Waals surface area contributed by atoms with E-state index < -0.39 is 0 Å². The summed E-state index contributed by atoms with van der Waals surface area (Å²) in [4.78, 5) is 16.4. The molecule has 2 aromatic heterocycles. The van der Waals surface area contributed by atoms with Crippen LogP contribution in [0, 0.1) is 6.92 Å². The Balaban J connectivity index is 1.82. The zero-order chi connectivity index (χ0) is 16.6. The van der Waals surface area contributed by atoms with Gasteiger partial charge in [0.05, 0.1) is 6.04 Å². The Morgan fingerprint density at radius 3 is 2.87 bits per heavy atom. The van der Waals surface area contributed by atoms with Gasteiger partial charge in [0.25, 0.3) is 5.91 Å². The van der Waals surface area contributed by atoms with Crippen LogP contribution in [0.4, 0.5) is 0 Å². The molecule has 2 heterocycles. The number of fused-ring (bicyclic) bond motifs is 1. The molecule has 23 heavy (non-hydrogen) atoms. The molecular weight excluding hydrogens is 316 g/mol. The van der Waals surface area contributed by atoms with E-state index in [-0.39, 0.29) is 18.0 Å². The van der Waals surface area contributed by atoms with E-state index in [2.05, 4.69) is 15.4 Å². The average Bonchev–Trinajstić information content (AvgIpc) is 3.15. The third-order valence-corrected chi connectivity index (χ3v) is 4.28. The van der Waals surface area contributed by atoms with Gasteiger partial charge in [-0.15, -0.1) is 0 Å². The molecule has 3 aromatic rings. The Labute approximate surface area is 138 Å². The molecule has 0 spiro atoms. The van der Waals surface area contributed by atoms with Crippen molar-refractivity contribution >= 4 is 28.5 Å². The van der Waals surface area contributed by atoms with Crippen LogP contribution in [0.2, 0.25) is 5.02 Å². The summed E-state index contributed by atoms with van der Waals surface area (Å²) in [5.74, 6) is 0.0502. The molecule has 7 heteroatoms. The van der Waals surface area contributed by atoms with Crippen molar-refractivity contribution in [1.29, 1.82) is 0 Å². The van der Waals surface area contributed by atoms with E-state index >= 15 is 0 Å². The molecule has 0 fully saturated rings. The van der Waals surface area contributed by atoms with Crippen LogP contribution in [0.25, 0.3) is 11.0 Å². The van der Waals surface area contributed by atoms with Crippen LogP contribution < -0.4 is 5.32 Å². The Morgan fingerprint density at radius 1 is 1.39 bits per heavy atom. The Bertz CT molecular complexity index is 841. The first-order chi connectivity index (χ1) is 11.0. The van der Waals surface area contributed by atoms with E-state index in [1.165, 1.54) is 6.33 Å². The van der Waals surface area contributed by atoms with Crippen LogP contribution >= 0.6 is 11.6 Å². The fourth-order valence-corrected chi connectivity index (χ4v) is 2.63. The molecule has 0 aliphatic rings. The van der Waals surface area contributed by atoms with Crippen molar-refractivity contribution in [1.82, 2.24) is 20.1 Å². The van der Waals surface area contributed by atoms with Crippen LogP contribution in [0.5, 0.6) is 0 Å². The van der Waals surface area contributed by atoms with Crippen molar-refractivity contribution in [3.05, 3.63) is 47.2 Å². The second-order valence-corrected chi connectivity index (χ2v) is 6.01. The van der Waals surface area contributed by atoms with Crippen LogP contribution in [0.1, 0.15) is 36.0 Å². The van der Waals surface area contributed by atoms with Crippen LogP contribution in [-0.2, 0) is 0 Å². The van der Waals surface area contributed by atoms with Crippen molar-refractivity contribution < 1.29 is 9.21 Å². The topological polar surface area (TPSA) is 73.0 Å². The molecule has 3 rings (SSSR count). The molecule has 1 aromatic carbocycles. The number of nitrogens with one attached hydrogen (secondary N) is 1. The Morgan fingerprint density at radius 2 is 2.17 bits per heavy atom. The number of carbonyl (C=O) groups excluding carboxylic acids is 1. The number of hydrogen-bond donors (Lipinski definition) is 1. The molecule has 1 amide bonds. The largest absolute Gasteiger partial charge is 0.451 e. The first-order valence-electron chi connectivity index (χ1n) is 7.31. The number of aryl methyl sites for hydroxylation is 1. The summed E-state index contributed by atoms with van der Waals surface area (Å²) < 4.78 is 7.39. The molecule has 0 saturated carbocycles. The SMILES string of the molecule is Cc1c(C(=O)NC(C)C(C)n2cncn2)oc2ccc(Cl)cc12. The summed E-state index contributed by atoms with van der Waals surface area (Å²) in [5, 5.41) is 8.50. The van der Waals surface area contributed by atoms with Gasteiger partial charge in [0.15, 0.2) is 5.76 Å². The normalized spacial score (nSPS) is 13.9. The lowest BCUT2D eigenvalue weighted by Gasteiger charge is -2.20. The number of amides is 1. The van der Waals surface area contributed by atoms with Gasteiger partial charge in [-0.3, -0.25) is 4.79 Å². The Kier molecular flexibility index (Phi) is 4.09. The maximum Gasteiger partial charge on any atom is 0.287 e. The highest BCUT2D eigenvalue weighted by atomic mass is 35.5. The van der Waals surface area contributed by atoms with Gasteiger partial charge in [-0.1, -0.05) is 11.6 Å². The molecule has 6 nitrogen and oxygen atoms in total. The minimum absolute atomic E-state index is 0.0272. The second kappa shape index (κ2) is 6.04. The molecular formula is C16H17ClN4O2. The van der Waals surface area contributed by atoms with Crippen molar-refractivity contribution in [2.75, 3.05) is 0 Å². The number of benzene rings is 1. The van der Waals surface area contributed by atoms with E-state index in [0.29, 0.717) is 16.4 Å². The fourth-order valence-electron chi connectivity index (χ4n) is 2.46. The van der Waals surface area contributed by atoms with Crippen molar-refractivity contribution in [2.45, 2.75) is 32.9 Å². The molecule has 0 radical (unpaired) electrons. The van der Waals surface area contributed by atoms with Crippen molar-refractivity contribution in [3.8, 4) is 0 Å². The zero-order valence-corrected chi connectivity index (χ0v) is 13.8. The Hall–Kier alpha value is -2.34. The maximum atomic E-state index is 12.5. The van der Waals surface area contributed by atoms with Crippen LogP contribution in [0.3, 0.4) is 0 Å². The molecule has 0 aliphatic carbocycles. The van der Waals surface area contributed by atoms with Crippen LogP contribution in [0.15, 0.2) is 35.3 Å². The quantitative estimate of drug-likeness (QED) is 0.795. The molecule has 2 unspecified atom stereocenters. The highest BCUT2D eigenvalue weighted by Crippen LogP contribution is 2.28. The lowest BCUT2D eigenvalue weighted by Crippen LogP contribution is -2.38. The predicted octanol–water partition coefficient (Wildman–Crippen LogP) is 3.37. The average molecular weight is 333 g/mol. The fraction of sp³-hybridized carbons (Fsp3) is 0.312. The van der Waals surface area contributed by atoms with E-state index in [1.54, 1.807) is 29.2 Å². The molecule has 1 N–H and O–H groups in total. The van der Waals surface area contributed by atoms with Gasteiger partial charge in [-0.25, -0.2) is 9.67 Å². The van der Waals surface area contributed by atoms with Gasteiger partial charge < -0.3 is 9.73 Å². The predicted molar refractivity (Wildman–Crippen MR) is 87.6 cm³/mol. The molecule has 0 saturated heterocycles. The molecule has 120 valence electrons. The van der Waals surface area contributed by atoms with Gasteiger partial charge in [-0.2, -0.15) is 5.10 Å². The van der Waals surface area contributed by atoms with E-state index in [4.69, 9.17) is 16.0 Å². The summed E-state index contributed by atoms with van der Waals surface area (Å²) in [5.41, 5.74) is 1.43. The van der Waals surface area contributed by atoms with Gasteiger partial charge in [0.1, 0.15) is 18.2 Å². The second-order valence-electron chi connectivity index (χ2n) is 5.57. The van der Waals surface area contributed by atoms with Crippen molar-refractivity contribution in [2.24, 2.45) is 0 Å². The van der Waals surface area contributed by atoms with Gasteiger partial charge in [-0.05, 0) is 39.0 Å². The van der Waals surface area contributed by atoms with Crippen LogP contribution in [-0.4, -0.2) is 26.7 Å².